The van der Waals surface area contributed by atoms with Crippen molar-refractivity contribution in [3.8, 4) is 0 Å². The fourth-order valence-corrected chi connectivity index (χ4v) is 0.774. The maximum Gasteiger partial charge on any atom is 0.0805 e. The van der Waals surface area contributed by atoms with Crippen molar-refractivity contribution in [2.45, 2.75) is 6.10 Å². The highest BCUT2D eigenvalue weighted by atomic mass is 16.3. The lowest BCUT2D eigenvalue weighted by molar-refractivity contribution is 0.112. The maximum atomic E-state index is 9.34. The zero-order valence-electron chi connectivity index (χ0n) is 7.83. The summed E-state index contributed by atoms with van der Waals surface area (Å²) in [5.41, 5.74) is 3.01. The summed E-state index contributed by atoms with van der Waals surface area (Å²) in [6, 6.07) is 0. The normalized spacial score (nSPS) is 14.5. The fourth-order valence-electron chi connectivity index (χ4n) is 0.774. The first-order valence-electron chi connectivity index (χ1n) is 3.76. The van der Waals surface area contributed by atoms with E-state index in [2.05, 4.69) is 5.43 Å². The quantitative estimate of drug-likeness (QED) is 0.506. The Bertz CT molecular complexity index is 95.7. The summed E-state index contributed by atoms with van der Waals surface area (Å²) >= 11 is 0. The first kappa shape index (κ1) is 10.8. The molecule has 0 fully saturated rings. The van der Waals surface area contributed by atoms with Crippen LogP contribution in [0.3, 0.4) is 0 Å². The standard InChI is InChI=1S/C7H19N3O/c1-9(2)6-7(11)5-8-10(3)4/h7-8,11H,5-6H2,1-4H3. The molecule has 0 bridgehead atoms. The molecule has 0 saturated heterocycles. The van der Waals surface area contributed by atoms with E-state index in [9.17, 15) is 5.11 Å². The van der Waals surface area contributed by atoms with Crippen LogP contribution in [0.5, 0.6) is 0 Å². The molecule has 0 saturated carbocycles. The Labute approximate surface area is 68.8 Å². The van der Waals surface area contributed by atoms with Crippen molar-refractivity contribution in [3.63, 3.8) is 0 Å². The van der Waals surface area contributed by atoms with Crippen LogP contribution in [0, 0.1) is 0 Å². The minimum atomic E-state index is -0.299. The molecule has 0 spiro atoms. The van der Waals surface area contributed by atoms with Gasteiger partial charge in [0.1, 0.15) is 0 Å². The summed E-state index contributed by atoms with van der Waals surface area (Å²) in [4.78, 5) is 1.96. The number of hydrogen-bond donors (Lipinski definition) is 2. The van der Waals surface area contributed by atoms with E-state index in [1.807, 2.05) is 38.1 Å². The number of likely N-dealkylation sites (N-methyl/N-ethyl adjacent to an activating group) is 1. The van der Waals surface area contributed by atoms with Gasteiger partial charge in [-0.25, -0.2) is 0 Å². The molecule has 0 heterocycles. The van der Waals surface area contributed by atoms with Crippen LogP contribution < -0.4 is 5.43 Å². The second kappa shape index (κ2) is 5.49. The molecule has 1 unspecified atom stereocenters. The van der Waals surface area contributed by atoms with E-state index in [0.29, 0.717) is 13.1 Å². The van der Waals surface area contributed by atoms with E-state index in [4.69, 9.17) is 0 Å². The van der Waals surface area contributed by atoms with E-state index < -0.39 is 0 Å². The number of hydrazine groups is 1. The number of nitrogens with zero attached hydrogens (tertiary/aromatic N) is 2. The summed E-state index contributed by atoms with van der Waals surface area (Å²) in [5, 5.41) is 11.2. The minimum absolute atomic E-state index is 0.299. The van der Waals surface area contributed by atoms with Crippen LogP contribution >= 0.6 is 0 Å². The zero-order chi connectivity index (χ0) is 8.85. The van der Waals surface area contributed by atoms with Gasteiger partial charge in [-0.3, -0.25) is 10.4 Å². The molecule has 4 heteroatoms. The van der Waals surface area contributed by atoms with Crippen molar-refractivity contribution >= 4 is 0 Å². The highest BCUT2D eigenvalue weighted by molar-refractivity contribution is 4.59. The van der Waals surface area contributed by atoms with Crippen molar-refractivity contribution in [1.29, 1.82) is 0 Å². The van der Waals surface area contributed by atoms with E-state index in [-0.39, 0.29) is 6.10 Å². The van der Waals surface area contributed by atoms with Gasteiger partial charge in [-0.05, 0) is 14.1 Å². The molecular weight excluding hydrogens is 142 g/mol. The molecule has 0 aliphatic carbocycles. The highest BCUT2D eigenvalue weighted by Crippen LogP contribution is 1.83. The molecule has 0 rings (SSSR count). The minimum Gasteiger partial charge on any atom is -0.390 e. The SMILES string of the molecule is CN(C)CC(O)CNN(C)C. The first-order valence-corrected chi connectivity index (χ1v) is 3.76. The Morgan fingerprint density at radius 1 is 1.27 bits per heavy atom. The smallest absolute Gasteiger partial charge is 0.0805 e. The molecule has 0 amide bonds. The Balaban J connectivity index is 3.29. The summed E-state index contributed by atoms with van der Waals surface area (Å²) < 4.78 is 0. The molecule has 4 nitrogen and oxygen atoms in total. The van der Waals surface area contributed by atoms with Crippen molar-refractivity contribution in [2.24, 2.45) is 0 Å². The summed E-state index contributed by atoms with van der Waals surface area (Å²) in [7, 11) is 7.70. The van der Waals surface area contributed by atoms with E-state index in [0.717, 1.165) is 0 Å². The van der Waals surface area contributed by atoms with Crippen molar-refractivity contribution in [1.82, 2.24) is 15.3 Å². The molecule has 1 atom stereocenters. The summed E-state index contributed by atoms with van der Waals surface area (Å²) in [6.07, 6.45) is -0.299. The second-order valence-electron chi connectivity index (χ2n) is 3.17. The third kappa shape index (κ3) is 7.74. The fraction of sp³-hybridized carbons (Fsp3) is 1.00. The lowest BCUT2D eigenvalue weighted by Gasteiger charge is -2.18. The molecule has 2 N–H and O–H groups in total. The lowest BCUT2D eigenvalue weighted by Crippen LogP contribution is -2.40. The average Bonchev–Trinajstić information content (AvgIpc) is 1.82. The van der Waals surface area contributed by atoms with Gasteiger partial charge in [0.25, 0.3) is 0 Å². The number of aliphatic hydroxyl groups excluding tert-OH is 1. The molecule has 0 aliphatic rings. The number of aliphatic hydroxyl groups is 1. The molecule has 0 aromatic rings. The van der Waals surface area contributed by atoms with Gasteiger partial charge >= 0.3 is 0 Å². The molecule has 0 aromatic heterocycles. The maximum absolute atomic E-state index is 9.34. The first-order chi connectivity index (χ1) is 5.02. The highest BCUT2D eigenvalue weighted by Gasteiger charge is 2.04. The Morgan fingerprint density at radius 3 is 2.18 bits per heavy atom. The monoisotopic (exact) mass is 161 g/mol. The van der Waals surface area contributed by atoms with Gasteiger partial charge in [0, 0.05) is 27.2 Å². The Morgan fingerprint density at radius 2 is 1.82 bits per heavy atom. The van der Waals surface area contributed by atoms with Gasteiger partial charge in [0.15, 0.2) is 0 Å². The summed E-state index contributed by atoms with van der Waals surface area (Å²) in [6.45, 7) is 1.30. The van der Waals surface area contributed by atoms with Gasteiger partial charge < -0.3 is 10.0 Å². The average molecular weight is 161 g/mol. The van der Waals surface area contributed by atoms with Crippen LogP contribution in [0.1, 0.15) is 0 Å². The summed E-state index contributed by atoms with van der Waals surface area (Å²) in [5.74, 6) is 0. The third-order valence-corrected chi connectivity index (χ3v) is 1.22. The molecule has 11 heavy (non-hydrogen) atoms. The van der Waals surface area contributed by atoms with Gasteiger partial charge in [-0.15, -0.1) is 0 Å². The van der Waals surface area contributed by atoms with E-state index >= 15 is 0 Å². The van der Waals surface area contributed by atoms with Crippen LogP contribution in [-0.4, -0.2) is 62.4 Å². The number of nitrogens with one attached hydrogen (secondary N) is 1. The van der Waals surface area contributed by atoms with Gasteiger partial charge in [0.2, 0.25) is 0 Å². The molecule has 68 valence electrons. The molecular formula is C7H19N3O. The van der Waals surface area contributed by atoms with Gasteiger partial charge in [-0.1, -0.05) is 0 Å². The van der Waals surface area contributed by atoms with Crippen LogP contribution in [0.25, 0.3) is 0 Å². The lowest BCUT2D eigenvalue weighted by atomic mass is 10.3. The third-order valence-electron chi connectivity index (χ3n) is 1.22. The molecule has 0 radical (unpaired) electrons. The number of hydrogen-bond acceptors (Lipinski definition) is 4. The van der Waals surface area contributed by atoms with Crippen LogP contribution in [0.15, 0.2) is 0 Å². The Kier molecular flexibility index (Phi) is 5.41. The van der Waals surface area contributed by atoms with Crippen LogP contribution in [0.2, 0.25) is 0 Å². The Hall–Kier alpha value is -0.160. The zero-order valence-corrected chi connectivity index (χ0v) is 7.83. The predicted octanol–water partition coefficient (Wildman–Crippen LogP) is -1.02. The van der Waals surface area contributed by atoms with Crippen LogP contribution in [-0.2, 0) is 0 Å². The van der Waals surface area contributed by atoms with Gasteiger partial charge in [0.05, 0.1) is 6.10 Å². The van der Waals surface area contributed by atoms with E-state index in [1.165, 1.54) is 0 Å². The largest absolute Gasteiger partial charge is 0.390 e. The van der Waals surface area contributed by atoms with Crippen molar-refractivity contribution < 1.29 is 5.11 Å². The van der Waals surface area contributed by atoms with E-state index in [1.54, 1.807) is 0 Å². The van der Waals surface area contributed by atoms with Crippen LogP contribution in [0.4, 0.5) is 0 Å². The number of rotatable bonds is 5. The van der Waals surface area contributed by atoms with Crippen molar-refractivity contribution in [3.05, 3.63) is 0 Å². The van der Waals surface area contributed by atoms with Gasteiger partial charge in [-0.2, -0.15) is 0 Å². The molecule has 0 aliphatic heterocycles. The topological polar surface area (TPSA) is 38.7 Å². The predicted molar refractivity (Wildman–Crippen MR) is 46.3 cm³/mol. The molecule has 0 aromatic carbocycles. The second-order valence-corrected chi connectivity index (χ2v) is 3.17. The van der Waals surface area contributed by atoms with Crippen molar-refractivity contribution in [2.75, 3.05) is 41.3 Å².